The molecular weight excluding hydrogens is 272 g/mol. The number of rotatable bonds is 5. The van der Waals surface area contributed by atoms with Gasteiger partial charge in [0.15, 0.2) is 5.82 Å². The third-order valence-electron chi connectivity index (χ3n) is 3.84. The highest BCUT2D eigenvalue weighted by atomic mass is 15.2. The van der Waals surface area contributed by atoms with Crippen LogP contribution < -0.4 is 4.90 Å². The molecule has 4 heteroatoms. The Bertz CT molecular complexity index is 761. The molecule has 4 nitrogen and oxygen atoms in total. The maximum atomic E-state index is 4.83. The summed E-state index contributed by atoms with van der Waals surface area (Å²) in [6.07, 6.45) is 2.34. The first-order valence-corrected chi connectivity index (χ1v) is 7.83. The lowest BCUT2D eigenvalue weighted by molar-refractivity contribution is 0.761. The quantitative estimate of drug-likeness (QED) is 0.768. The number of anilines is 1. The Morgan fingerprint density at radius 3 is 2.64 bits per heavy atom. The zero-order valence-corrected chi connectivity index (χ0v) is 13.4. The van der Waals surface area contributed by atoms with Gasteiger partial charge in [-0.15, -0.1) is 0 Å². The number of aromatic amines is 1. The summed E-state index contributed by atoms with van der Waals surface area (Å²) < 4.78 is 0. The number of benzene rings is 1. The first-order chi connectivity index (χ1) is 10.7. The Hall–Kier alpha value is -2.36. The standard InChI is InChI=1S/C18H22N4/c1-4-5-11-22(3)18-15-12-13(2)19-17(15)20-16(21-18)14-9-7-6-8-10-14/h6-10,12H,4-5,11H2,1-3H3,(H,19,20,21). The Balaban J connectivity index is 2.12. The van der Waals surface area contributed by atoms with Crippen LogP contribution >= 0.6 is 0 Å². The van der Waals surface area contributed by atoms with E-state index in [1.54, 1.807) is 0 Å². The van der Waals surface area contributed by atoms with Gasteiger partial charge in [-0.25, -0.2) is 9.97 Å². The minimum absolute atomic E-state index is 0.772. The van der Waals surface area contributed by atoms with Crippen LogP contribution in [0.2, 0.25) is 0 Å². The molecule has 1 N–H and O–H groups in total. The molecule has 2 aromatic heterocycles. The summed E-state index contributed by atoms with van der Waals surface area (Å²) in [6.45, 7) is 5.26. The Morgan fingerprint density at radius 1 is 1.14 bits per heavy atom. The molecule has 0 fully saturated rings. The molecule has 0 aliphatic carbocycles. The molecule has 114 valence electrons. The van der Waals surface area contributed by atoms with Gasteiger partial charge < -0.3 is 9.88 Å². The van der Waals surface area contributed by atoms with Crippen molar-refractivity contribution in [2.45, 2.75) is 26.7 Å². The number of aryl methyl sites for hydroxylation is 1. The predicted molar refractivity (Wildman–Crippen MR) is 92.2 cm³/mol. The van der Waals surface area contributed by atoms with Crippen LogP contribution in [0.5, 0.6) is 0 Å². The molecule has 0 aliphatic rings. The lowest BCUT2D eigenvalue weighted by atomic mass is 10.2. The summed E-state index contributed by atoms with van der Waals surface area (Å²) in [7, 11) is 2.11. The van der Waals surface area contributed by atoms with Crippen LogP contribution in [0.3, 0.4) is 0 Å². The lowest BCUT2D eigenvalue weighted by Crippen LogP contribution is -2.20. The second-order valence-electron chi connectivity index (χ2n) is 5.73. The van der Waals surface area contributed by atoms with E-state index in [0.29, 0.717) is 0 Å². The Kier molecular flexibility index (Phi) is 4.09. The topological polar surface area (TPSA) is 44.8 Å². The third kappa shape index (κ3) is 2.82. The van der Waals surface area contributed by atoms with E-state index in [1.165, 1.54) is 6.42 Å². The van der Waals surface area contributed by atoms with Crippen LogP contribution in [-0.4, -0.2) is 28.5 Å². The number of fused-ring (bicyclic) bond motifs is 1. The number of nitrogens with one attached hydrogen (secondary N) is 1. The first kappa shape index (κ1) is 14.6. The molecule has 0 unspecified atom stereocenters. The van der Waals surface area contributed by atoms with E-state index in [9.17, 15) is 0 Å². The largest absolute Gasteiger partial charge is 0.359 e. The van der Waals surface area contributed by atoms with Crippen LogP contribution in [0.1, 0.15) is 25.5 Å². The fraction of sp³-hybridized carbons (Fsp3) is 0.333. The van der Waals surface area contributed by atoms with Crippen molar-refractivity contribution in [1.82, 2.24) is 15.0 Å². The van der Waals surface area contributed by atoms with Gasteiger partial charge in [0.05, 0.1) is 5.39 Å². The van der Waals surface area contributed by atoms with Crippen molar-refractivity contribution in [3.63, 3.8) is 0 Å². The molecule has 0 atom stereocenters. The summed E-state index contributed by atoms with van der Waals surface area (Å²) >= 11 is 0. The van der Waals surface area contributed by atoms with E-state index in [0.717, 1.165) is 46.9 Å². The summed E-state index contributed by atoms with van der Waals surface area (Å²) in [5.74, 6) is 1.77. The van der Waals surface area contributed by atoms with E-state index in [1.807, 2.05) is 30.3 Å². The lowest BCUT2D eigenvalue weighted by Gasteiger charge is -2.19. The molecule has 1 aromatic carbocycles. The van der Waals surface area contributed by atoms with Gasteiger partial charge in [0.2, 0.25) is 0 Å². The molecule has 2 heterocycles. The van der Waals surface area contributed by atoms with Crippen molar-refractivity contribution in [2.75, 3.05) is 18.5 Å². The van der Waals surface area contributed by atoms with Crippen molar-refractivity contribution in [3.05, 3.63) is 42.1 Å². The highest BCUT2D eigenvalue weighted by Crippen LogP contribution is 2.27. The summed E-state index contributed by atoms with van der Waals surface area (Å²) in [5, 5.41) is 1.09. The van der Waals surface area contributed by atoms with Gasteiger partial charge in [-0.2, -0.15) is 0 Å². The molecular formula is C18H22N4. The Labute approximate surface area is 131 Å². The van der Waals surface area contributed by atoms with E-state index < -0.39 is 0 Å². The molecule has 0 aliphatic heterocycles. The number of aromatic nitrogens is 3. The molecule has 3 aromatic rings. The van der Waals surface area contributed by atoms with Crippen molar-refractivity contribution in [3.8, 4) is 11.4 Å². The average Bonchev–Trinajstić information content (AvgIpc) is 2.92. The van der Waals surface area contributed by atoms with E-state index in [2.05, 4.69) is 36.8 Å². The van der Waals surface area contributed by atoms with Crippen LogP contribution in [0, 0.1) is 6.92 Å². The van der Waals surface area contributed by atoms with Gasteiger partial charge in [-0.1, -0.05) is 43.7 Å². The fourth-order valence-electron chi connectivity index (χ4n) is 2.63. The van der Waals surface area contributed by atoms with Gasteiger partial charge >= 0.3 is 0 Å². The highest BCUT2D eigenvalue weighted by Gasteiger charge is 2.14. The minimum Gasteiger partial charge on any atom is -0.359 e. The number of H-pyrrole nitrogens is 1. The number of unbranched alkanes of at least 4 members (excludes halogenated alkanes) is 1. The van der Waals surface area contributed by atoms with Gasteiger partial charge in [-0.05, 0) is 19.4 Å². The van der Waals surface area contributed by atoms with Crippen LogP contribution in [-0.2, 0) is 0 Å². The smallest absolute Gasteiger partial charge is 0.163 e. The van der Waals surface area contributed by atoms with Gasteiger partial charge in [0.25, 0.3) is 0 Å². The first-order valence-electron chi connectivity index (χ1n) is 7.83. The number of hydrogen-bond donors (Lipinski definition) is 1. The Morgan fingerprint density at radius 2 is 1.91 bits per heavy atom. The second kappa shape index (κ2) is 6.18. The zero-order valence-electron chi connectivity index (χ0n) is 13.4. The monoisotopic (exact) mass is 294 g/mol. The number of hydrogen-bond acceptors (Lipinski definition) is 3. The van der Waals surface area contributed by atoms with Gasteiger partial charge in [0, 0.05) is 24.8 Å². The summed E-state index contributed by atoms with van der Waals surface area (Å²) in [5.41, 5.74) is 3.06. The maximum Gasteiger partial charge on any atom is 0.163 e. The number of nitrogens with zero attached hydrogens (tertiary/aromatic N) is 3. The predicted octanol–water partition coefficient (Wildman–Crippen LogP) is 4.17. The zero-order chi connectivity index (χ0) is 15.5. The normalized spacial score (nSPS) is 11.0. The second-order valence-corrected chi connectivity index (χ2v) is 5.73. The van der Waals surface area contributed by atoms with E-state index >= 15 is 0 Å². The van der Waals surface area contributed by atoms with Crippen LogP contribution in [0.15, 0.2) is 36.4 Å². The molecule has 0 saturated carbocycles. The van der Waals surface area contributed by atoms with Crippen LogP contribution in [0.4, 0.5) is 5.82 Å². The van der Waals surface area contributed by atoms with Crippen molar-refractivity contribution >= 4 is 16.9 Å². The fourth-order valence-corrected chi connectivity index (χ4v) is 2.63. The van der Waals surface area contributed by atoms with Crippen molar-refractivity contribution in [1.29, 1.82) is 0 Å². The minimum atomic E-state index is 0.772. The molecule has 0 bridgehead atoms. The maximum absolute atomic E-state index is 4.83. The molecule has 0 saturated heterocycles. The van der Waals surface area contributed by atoms with Gasteiger partial charge in [-0.3, -0.25) is 0 Å². The van der Waals surface area contributed by atoms with E-state index in [4.69, 9.17) is 9.97 Å². The summed E-state index contributed by atoms with van der Waals surface area (Å²) in [6, 6.07) is 12.3. The van der Waals surface area contributed by atoms with Gasteiger partial charge in [0.1, 0.15) is 11.5 Å². The molecule has 0 radical (unpaired) electrons. The van der Waals surface area contributed by atoms with Crippen molar-refractivity contribution < 1.29 is 0 Å². The molecule has 0 spiro atoms. The third-order valence-corrected chi connectivity index (χ3v) is 3.84. The molecule has 22 heavy (non-hydrogen) atoms. The average molecular weight is 294 g/mol. The summed E-state index contributed by atoms with van der Waals surface area (Å²) in [4.78, 5) is 15.1. The van der Waals surface area contributed by atoms with Crippen molar-refractivity contribution in [2.24, 2.45) is 0 Å². The highest BCUT2D eigenvalue weighted by molar-refractivity contribution is 5.89. The van der Waals surface area contributed by atoms with E-state index in [-0.39, 0.29) is 0 Å². The van der Waals surface area contributed by atoms with Crippen LogP contribution in [0.25, 0.3) is 22.4 Å². The SMILES string of the molecule is CCCCN(C)c1nc(-c2ccccc2)nc2[nH]c(C)cc12. The molecule has 0 amide bonds. The molecule has 3 rings (SSSR count).